The molecule has 0 bridgehead atoms. The second-order valence-corrected chi connectivity index (χ2v) is 6.15. The first-order chi connectivity index (χ1) is 8.40. The summed E-state index contributed by atoms with van der Waals surface area (Å²) in [6.45, 7) is 2.04. The average molecular weight is 273 g/mol. The van der Waals surface area contributed by atoms with Crippen molar-refractivity contribution in [3.8, 4) is 5.75 Å². The fraction of sp³-hybridized carbons (Fsp3) is 0.500. The number of rotatable bonds is 6. The minimum atomic E-state index is -3.56. The first-order valence-electron chi connectivity index (χ1n) is 5.60. The monoisotopic (exact) mass is 273 g/mol. The Morgan fingerprint density at radius 3 is 2.67 bits per heavy atom. The van der Waals surface area contributed by atoms with Gasteiger partial charge in [0.1, 0.15) is 10.6 Å². The molecule has 0 aliphatic carbocycles. The second kappa shape index (κ2) is 6.17. The number of ether oxygens (including phenoxy) is 1. The molecule has 18 heavy (non-hydrogen) atoms. The van der Waals surface area contributed by atoms with E-state index in [0.29, 0.717) is 5.75 Å². The summed E-state index contributed by atoms with van der Waals surface area (Å²) in [4.78, 5) is 0.125. The lowest BCUT2D eigenvalue weighted by Gasteiger charge is -2.13. The summed E-state index contributed by atoms with van der Waals surface area (Å²) in [7, 11) is -0.482. The minimum absolute atomic E-state index is 0.125. The van der Waals surface area contributed by atoms with Gasteiger partial charge in [0.25, 0.3) is 0 Å². The molecule has 1 unspecified atom stereocenters. The van der Waals surface area contributed by atoms with Crippen molar-refractivity contribution in [2.45, 2.75) is 17.9 Å². The maximum Gasteiger partial charge on any atom is 0.184 e. The molecule has 5 nitrogen and oxygen atoms in total. The third-order valence-electron chi connectivity index (χ3n) is 2.51. The highest BCUT2D eigenvalue weighted by Gasteiger charge is 2.23. The third-order valence-corrected chi connectivity index (χ3v) is 4.32. The Balaban J connectivity index is 3.07. The van der Waals surface area contributed by atoms with Crippen molar-refractivity contribution in [2.75, 3.05) is 26.5 Å². The van der Waals surface area contributed by atoms with Gasteiger partial charge in [0.05, 0.1) is 19.0 Å². The zero-order valence-electron chi connectivity index (χ0n) is 10.8. The van der Waals surface area contributed by atoms with E-state index in [1.807, 2.05) is 6.92 Å². The Morgan fingerprint density at radius 2 is 2.11 bits per heavy atom. The van der Waals surface area contributed by atoms with Crippen molar-refractivity contribution in [1.29, 1.82) is 0 Å². The fourth-order valence-corrected chi connectivity index (χ4v) is 3.29. The first-order valence-corrected chi connectivity index (χ1v) is 7.26. The van der Waals surface area contributed by atoms with Gasteiger partial charge in [-0.3, -0.25) is 0 Å². The summed E-state index contributed by atoms with van der Waals surface area (Å²) >= 11 is 0. The SMILES string of the molecule is CNCC(O)CS(=O)(=O)c1cc(C)ccc1OC. The van der Waals surface area contributed by atoms with E-state index in [2.05, 4.69) is 5.32 Å². The van der Waals surface area contributed by atoms with Crippen LogP contribution in [0.1, 0.15) is 5.56 Å². The highest BCUT2D eigenvalue weighted by molar-refractivity contribution is 7.91. The number of hydrogen-bond acceptors (Lipinski definition) is 5. The molecule has 0 aliphatic heterocycles. The Hall–Kier alpha value is -1.11. The van der Waals surface area contributed by atoms with Crippen molar-refractivity contribution in [3.05, 3.63) is 23.8 Å². The maximum absolute atomic E-state index is 12.2. The van der Waals surface area contributed by atoms with Crippen LogP contribution in [0.2, 0.25) is 0 Å². The van der Waals surface area contributed by atoms with E-state index in [0.717, 1.165) is 5.56 Å². The van der Waals surface area contributed by atoms with Gasteiger partial charge in [0.2, 0.25) is 0 Å². The van der Waals surface area contributed by atoms with Gasteiger partial charge in [0.15, 0.2) is 9.84 Å². The number of likely N-dealkylation sites (N-methyl/N-ethyl adjacent to an activating group) is 1. The average Bonchev–Trinajstić information content (AvgIpc) is 2.28. The lowest BCUT2D eigenvalue weighted by Crippen LogP contribution is -2.30. The summed E-state index contributed by atoms with van der Waals surface area (Å²) in [5.41, 5.74) is 0.831. The Morgan fingerprint density at radius 1 is 1.44 bits per heavy atom. The molecule has 1 aromatic rings. The van der Waals surface area contributed by atoms with Crippen LogP contribution < -0.4 is 10.1 Å². The molecule has 0 fully saturated rings. The van der Waals surface area contributed by atoms with Gasteiger partial charge >= 0.3 is 0 Å². The van der Waals surface area contributed by atoms with Gasteiger partial charge in [-0.1, -0.05) is 6.07 Å². The third kappa shape index (κ3) is 3.69. The van der Waals surface area contributed by atoms with E-state index in [9.17, 15) is 13.5 Å². The number of aliphatic hydroxyl groups excluding tert-OH is 1. The molecule has 102 valence electrons. The van der Waals surface area contributed by atoms with E-state index in [1.165, 1.54) is 7.11 Å². The van der Waals surface area contributed by atoms with E-state index < -0.39 is 15.9 Å². The number of nitrogens with one attached hydrogen (secondary N) is 1. The molecule has 1 atom stereocenters. The number of sulfone groups is 1. The predicted molar refractivity (Wildman–Crippen MR) is 69.7 cm³/mol. The van der Waals surface area contributed by atoms with E-state index in [4.69, 9.17) is 4.74 Å². The van der Waals surface area contributed by atoms with Crippen LogP contribution in [0.25, 0.3) is 0 Å². The van der Waals surface area contributed by atoms with E-state index in [-0.39, 0.29) is 17.2 Å². The van der Waals surface area contributed by atoms with Crippen LogP contribution in [0, 0.1) is 6.92 Å². The van der Waals surface area contributed by atoms with Crippen LogP contribution in [0.15, 0.2) is 23.1 Å². The lowest BCUT2D eigenvalue weighted by molar-refractivity contribution is 0.196. The second-order valence-electron chi connectivity index (χ2n) is 4.15. The van der Waals surface area contributed by atoms with E-state index in [1.54, 1.807) is 25.2 Å². The number of aliphatic hydroxyl groups is 1. The van der Waals surface area contributed by atoms with Crippen molar-refractivity contribution >= 4 is 9.84 Å². The maximum atomic E-state index is 12.2. The molecule has 2 N–H and O–H groups in total. The molecule has 1 aromatic carbocycles. The van der Waals surface area contributed by atoms with Gasteiger partial charge in [-0.15, -0.1) is 0 Å². The van der Waals surface area contributed by atoms with Crippen LogP contribution in [0.4, 0.5) is 0 Å². The Labute approximate surface area is 108 Å². The Bertz CT molecular complexity index is 499. The van der Waals surface area contributed by atoms with Crippen LogP contribution in [-0.4, -0.2) is 46.1 Å². The van der Waals surface area contributed by atoms with Crippen molar-refractivity contribution in [2.24, 2.45) is 0 Å². The fourth-order valence-electron chi connectivity index (χ4n) is 1.66. The molecular weight excluding hydrogens is 254 g/mol. The summed E-state index contributed by atoms with van der Waals surface area (Å²) in [5, 5.41) is 12.3. The van der Waals surface area contributed by atoms with Gasteiger partial charge < -0.3 is 15.2 Å². The number of methoxy groups -OCH3 is 1. The van der Waals surface area contributed by atoms with Gasteiger partial charge in [-0.05, 0) is 31.7 Å². The lowest BCUT2D eigenvalue weighted by atomic mass is 10.2. The molecule has 0 radical (unpaired) electrons. The zero-order chi connectivity index (χ0) is 13.8. The number of aryl methyl sites for hydroxylation is 1. The summed E-state index contributed by atoms with van der Waals surface area (Å²) in [5.74, 6) is -0.0227. The number of benzene rings is 1. The molecule has 0 spiro atoms. The first kappa shape index (κ1) is 14.9. The summed E-state index contributed by atoms with van der Waals surface area (Å²) < 4.78 is 29.4. The van der Waals surface area contributed by atoms with Crippen LogP contribution >= 0.6 is 0 Å². The normalized spacial score (nSPS) is 13.3. The summed E-state index contributed by atoms with van der Waals surface area (Å²) in [6, 6.07) is 4.95. The van der Waals surface area contributed by atoms with Gasteiger partial charge in [-0.2, -0.15) is 0 Å². The van der Waals surface area contributed by atoms with Crippen molar-refractivity contribution < 1.29 is 18.3 Å². The van der Waals surface area contributed by atoms with Gasteiger partial charge in [0, 0.05) is 6.54 Å². The largest absolute Gasteiger partial charge is 0.495 e. The van der Waals surface area contributed by atoms with Crippen LogP contribution in [-0.2, 0) is 9.84 Å². The topological polar surface area (TPSA) is 75.6 Å². The molecule has 0 aliphatic rings. The summed E-state index contributed by atoms with van der Waals surface area (Å²) in [6.07, 6.45) is -0.940. The standard InChI is InChI=1S/C12H19NO4S/c1-9-4-5-11(17-3)12(6-9)18(15,16)8-10(14)7-13-2/h4-6,10,13-14H,7-8H2,1-3H3. The highest BCUT2D eigenvalue weighted by Crippen LogP contribution is 2.26. The molecule has 0 heterocycles. The predicted octanol–water partition coefficient (Wildman–Crippen LogP) is 0.358. The Kier molecular flexibility index (Phi) is 5.13. The van der Waals surface area contributed by atoms with Crippen LogP contribution in [0.3, 0.4) is 0 Å². The molecular formula is C12H19NO4S. The number of hydrogen-bond donors (Lipinski definition) is 2. The molecule has 1 rings (SSSR count). The molecule has 0 aromatic heterocycles. The van der Waals surface area contributed by atoms with E-state index >= 15 is 0 Å². The highest BCUT2D eigenvalue weighted by atomic mass is 32.2. The van der Waals surface area contributed by atoms with Crippen molar-refractivity contribution in [1.82, 2.24) is 5.32 Å². The molecule has 0 saturated carbocycles. The minimum Gasteiger partial charge on any atom is -0.495 e. The van der Waals surface area contributed by atoms with Gasteiger partial charge in [-0.25, -0.2) is 8.42 Å². The molecule has 0 saturated heterocycles. The van der Waals surface area contributed by atoms with Crippen LogP contribution in [0.5, 0.6) is 5.75 Å². The molecule has 6 heteroatoms. The smallest absolute Gasteiger partial charge is 0.184 e. The quantitative estimate of drug-likeness (QED) is 0.782. The zero-order valence-corrected chi connectivity index (χ0v) is 11.6. The molecule has 0 amide bonds. The van der Waals surface area contributed by atoms with Crippen molar-refractivity contribution in [3.63, 3.8) is 0 Å².